The Kier molecular flexibility index (Phi) is 3.52. The third-order valence-electron chi connectivity index (χ3n) is 3.51. The van der Waals surface area contributed by atoms with Gasteiger partial charge in [0, 0.05) is 29.6 Å². The van der Waals surface area contributed by atoms with E-state index in [4.69, 9.17) is 0 Å². The summed E-state index contributed by atoms with van der Waals surface area (Å²) in [4.78, 5) is 4.62. The Labute approximate surface area is 117 Å². The highest BCUT2D eigenvalue weighted by atomic mass is 32.1. The summed E-state index contributed by atoms with van der Waals surface area (Å²) in [6.45, 7) is 0. The standard InChI is InChI=1S/C16H16N2S/c1-17-14-7-2-4-12(10-14)8-9-16-18-15(11-19-16)13-5-3-6-13/h2,4,7,10-11,13,17H,3,5-6H2,1H3. The molecule has 1 aliphatic rings. The van der Waals surface area contributed by atoms with Crippen LogP contribution in [0.5, 0.6) is 0 Å². The van der Waals surface area contributed by atoms with Crippen LogP contribution in [0.2, 0.25) is 0 Å². The average molecular weight is 268 g/mol. The molecule has 1 aromatic heterocycles. The normalized spacial score (nSPS) is 14.4. The van der Waals surface area contributed by atoms with Gasteiger partial charge in [0.05, 0.1) is 5.69 Å². The molecule has 0 aliphatic heterocycles. The van der Waals surface area contributed by atoms with Crippen molar-refractivity contribution in [2.45, 2.75) is 25.2 Å². The zero-order chi connectivity index (χ0) is 13.1. The number of hydrogen-bond acceptors (Lipinski definition) is 3. The minimum atomic E-state index is 0.694. The van der Waals surface area contributed by atoms with Gasteiger partial charge in [0.2, 0.25) is 0 Å². The molecule has 0 atom stereocenters. The molecule has 1 aliphatic carbocycles. The summed E-state index contributed by atoms with van der Waals surface area (Å²) in [5.41, 5.74) is 3.35. The maximum Gasteiger partial charge on any atom is 0.167 e. The van der Waals surface area contributed by atoms with Crippen LogP contribution in [-0.4, -0.2) is 12.0 Å². The number of nitrogens with one attached hydrogen (secondary N) is 1. The van der Waals surface area contributed by atoms with E-state index in [1.807, 2.05) is 31.3 Å². The third-order valence-corrected chi connectivity index (χ3v) is 4.29. The lowest BCUT2D eigenvalue weighted by Crippen LogP contribution is -2.08. The summed E-state index contributed by atoms with van der Waals surface area (Å²) in [5.74, 6) is 7.04. The van der Waals surface area contributed by atoms with Crippen molar-refractivity contribution in [3.63, 3.8) is 0 Å². The van der Waals surface area contributed by atoms with Crippen molar-refractivity contribution < 1.29 is 0 Å². The quantitative estimate of drug-likeness (QED) is 0.837. The third kappa shape index (κ3) is 2.80. The van der Waals surface area contributed by atoms with Crippen molar-refractivity contribution in [1.29, 1.82) is 0 Å². The summed E-state index contributed by atoms with van der Waals surface area (Å²) < 4.78 is 0. The summed E-state index contributed by atoms with van der Waals surface area (Å²) in [6, 6.07) is 8.11. The molecular formula is C16H16N2S. The van der Waals surface area contributed by atoms with Crippen molar-refractivity contribution in [3.8, 4) is 11.8 Å². The van der Waals surface area contributed by atoms with Gasteiger partial charge in [-0.1, -0.05) is 18.4 Å². The second kappa shape index (κ2) is 5.46. The zero-order valence-electron chi connectivity index (χ0n) is 10.9. The van der Waals surface area contributed by atoms with Crippen LogP contribution in [0, 0.1) is 11.8 Å². The number of thiazole rings is 1. The summed E-state index contributed by atoms with van der Waals surface area (Å²) in [5, 5.41) is 6.21. The highest BCUT2D eigenvalue weighted by molar-refractivity contribution is 7.10. The molecule has 1 fully saturated rings. The molecule has 3 heteroatoms. The van der Waals surface area contributed by atoms with Gasteiger partial charge in [0.15, 0.2) is 5.01 Å². The average Bonchev–Trinajstić information content (AvgIpc) is 2.83. The molecular weight excluding hydrogens is 252 g/mol. The van der Waals surface area contributed by atoms with Crippen LogP contribution < -0.4 is 5.32 Å². The number of anilines is 1. The molecule has 1 saturated carbocycles. The zero-order valence-corrected chi connectivity index (χ0v) is 11.8. The highest BCUT2D eigenvalue weighted by Crippen LogP contribution is 2.36. The first-order valence-electron chi connectivity index (χ1n) is 6.60. The first-order chi connectivity index (χ1) is 9.35. The maximum atomic E-state index is 4.62. The molecule has 1 N–H and O–H groups in total. The smallest absolute Gasteiger partial charge is 0.167 e. The Morgan fingerprint density at radius 2 is 2.21 bits per heavy atom. The Hall–Kier alpha value is -1.79. The number of benzene rings is 1. The van der Waals surface area contributed by atoms with Gasteiger partial charge in [0.1, 0.15) is 0 Å². The van der Waals surface area contributed by atoms with Gasteiger partial charge in [-0.3, -0.25) is 0 Å². The first kappa shape index (κ1) is 12.3. The monoisotopic (exact) mass is 268 g/mol. The summed E-state index contributed by atoms with van der Waals surface area (Å²) in [6.07, 6.45) is 3.93. The van der Waals surface area contributed by atoms with Gasteiger partial charge in [-0.2, -0.15) is 0 Å². The van der Waals surface area contributed by atoms with Gasteiger partial charge >= 0.3 is 0 Å². The largest absolute Gasteiger partial charge is 0.388 e. The topological polar surface area (TPSA) is 24.9 Å². The fourth-order valence-corrected chi connectivity index (χ4v) is 2.86. The summed E-state index contributed by atoms with van der Waals surface area (Å²) >= 11 is 1.66. The highest BCUT2D eigenvalue weighted by Gasteiger charge is 2.21. The Balaban J connectivity index is 1.76. The Bertz CT molecular complexity index is 629. The fraction of sp³-hybridized carbons (Fsp3) is 0.312. The molecule has 1 aromatic carbocycles. The molecule has 0 saturated heterocycles. The van der Waals surface area contributed by atoms with Crippen LogP contribution in [-0.2, 0) is 0 Å². The van der Waals surface area contributed by atoms with E-state index < -0.39 is 0 Å². The van der Waals surface area contributed by atoms with E-state index in [9.17, 15) is 0 Å². The number of nitrogens with zero attached hydrogens (tertiary/aromatic N) is 1. The molecule has 1 heterocycles. The van der Waals surface area contributed by atoms with Crippen molar-refractivity contribution in [2.24, 2.45) is 0 Å². The molecule has 0 spiro atoms. The van der Waals surface area contributed by atoms with Crippen molar-refractivity contribution >= 4 is 17.0 Å². The number of rotatable bonds is 2. The van der Waals surface area contributed by atoms with Crippen molar-refractivity contribution in [3.05, 3.63) is 45.9 Å². The molecule has 2 aromatic rings. The molecule has 0 radical (unpaired) electrons. The summed E-state index contributed by atoms with van der Waals surface area (Å²) in [7, 11) is 1.91. The Morgan fingerprint density at radius 3 is 2.95 bits per heavy atom. The van der Waals surface area contributed by atoms with E-state index in [0.29, 0.717) is 5.92 Å². The van der Waals surface area contributed by atoms with Crippen LogP contribution in [0.3, 0.4) is 0 Å². The van der Waals surface area contributed by atoms with E-state index in [1.54, 1.807) is 11.3 Å². The van der Waals surface area contributed by atoms with Gasteiger partial charge in [0.25, 0.3) is 0 Å². The van der Waals surface area contributed by atoms with Crippen LogP contribution in [0.1, 0.15) is 41.4 Å². The van der Waals surface area contributed by atoms with E-state index in [1.165, 1.54) is 25.0 Å². The molecule has 3 rings (SSSR count). The van der Waals surface area contributed by atoms with Crippen LogP contribution in [0.15, 0.2) is 29.6 Å². The maximum absolute atomic E-state index is 4.62. The van der Waals surface area contributed by atoms with E-state index in [2.05, 4.69) is 27.5 Å². The van der Waals surface area contributed by atoms with Gasteiger partial charge in [-0.15, -0.1) is 11.3 Å². The molecule has 19 heavy (non-hydrogen) atoms. The van der Waals surface area contributed by atoms with E-state index in [0.717, 1.165) is 16.3 Å². The SMILES string of the molecule is CNc1cccc(C#Cc2nc(C3CCC3)cs2)c1. The van der Waals surface area contributed by atoms with Crippen LogP contribution in [0.25, 0.3) is 0 Å². The Morgan fingerprint density at radius 1 is 1.32 bits per heavy atom. The minimum Gasteiger partial charge on any atom is -0.388 e. The van der Waals surface area contributed by atoms with Gasteiger partial charge in [-0.05, 0) is 37.0 Å². The molecule has 0 bridgehead atoms. The predicted octanol–water partition coefficient (Wildman–Crippen LogP) is 3.85. The molecule has 96 valence electrons. The van der Waals surface area contributed by atoms with Crippen LogP contribution >= 0.6 is 11.3 Å². The lowest BCUT2D eigenvalue weighted by atomic mass is 9.83. The van der Waals surface area contributed by atoms with Crippen LogP contribution in [0.4, 0.5) is 5.69 Å². The molecule has 0 unspecified atom stereocenters. The first-order valence-corrected chi connectivity index (χ1v) is 7.48. The van der Waals surface area contributed by atoms with Crippen molar-refractivity contribution in [1.82, 2.24) is 4.98 Å². The van der Waals surface area contributed by atoms with E-state index >= 15 is 0 Å². The second-order valence-electron chi connectivity index (χ2n) is 4.79. The minimum absolute atomic E-state index is 0.694. The van der Waals surface area contributed by atoms with Gasteiger partial charge < -0.3 is 5.32 Å². The van der Waals surface area contributed by atoms with Gasteiger partial charge in [-0.25, -0.2) is 4.98 Å². The molecule has 0 amide bonds. The lowest BCUT2D eigenvalue weighted by molar-refractivity contribution is 0.412. The predicted molar refractivity (Wildman–Crippen MR) is 80.7 cm³/mol. The fourth-order valence-electron chi connectivity index (χ4n) is 2.11. The van der Waals surface area contributed by atoms with Crippen molar-refractivity contribution in [2.75, 3.05) is 12.4 Å². The molecule has 2 nitrogen and oxygen atoms in total. The lowest BCUT2D eigenvalue weighted by Gasteiger charge is -2.22. The number of hydrogen-bond donors (Lipinski definition) is 1. The second-order valence-corrected chi connectivity index (χ2v) is 5.64. The van der Waals surface area contributed by atoms with E-state index in [-0.39, 0.29) is 0 Å². The number of aromatic nitrogens is 1.